The van der Waals surface area contributed by atoms with Crippen LogP contribution in [0.3, 0.4) is 0 Å². The van der Waals surface area contributed by atoms with E-state index in [1.54, 1.807) is 0 Å². The highest BCUT2D eigenvalue weighted by Crippen LogP contribution is 2.25. The maximum atomic E-state index is 12.9. The first-order valence-electron chi connectivity index (χ1n) is 3.11. The zero-order valence-electron chi connectivity index (χ0n) is 5.47. The second kappa shape index (κ2) is 2.95. The Morgan fingerprint density at radius 1 is 1.50 bits per heavy atom. The number of halogens is 1. The van der Waals surface area contributed by atoms with E-state index in [0.717, 1.165) is 0 Å². The van der Waals surface area contributed by atoms with Gasteiger partial charge < -0.3 is 9.47 Å². The van der Waals surface area contributed by atoms with Gasteiger partial charge in [0.25, 0.3) is 0 Å². The number of rotatable bonds is 2. The maximum Gasteiger partial charge on any atom is 0.321 e. The van der Waals surface area contributed by atoms with Crippen molar-refractivity contribution in [1.29, 1.82) is 5.26 Å². The van der Waals surface area contributed by atoms with Gasteiger partial charge in [-0.05, 0) is 0 Å². The molecule has 0 radical (unpaired) electrons. The van der Waals surface area contributed by atoms with E-state index in [0.29, 0.717) is 0 Å². The Morgan fingerprint density at radius 3 is 2.60 bits per heavy atom. The normalized spacial score (nSPS) is 22.4. The summed E-state index contributed by atoms with van der Waals surface area (Å²) in [6.45, 7) is 0.559. The summed E-state index contributed by atoms with van der Waals surface area (Å²) in [6.07, 6.45) is 0.125. The van der Waals surface area contributed by atoms with Gasteiger partial charge in [0.05, 0.1) is 19.3 Å². The third-order valence-electron chi connectivity index (χ3n) is 1.25. The Kier molecular flexibility index (Phi) is 2.20. The van der Waals surface area contributed by atoms with Gasteiger partial charge in [0, 0.05) is 12.8 Å². The molecule has 0 bridgehead atoms. The van der Waals surface area contributed by atoms with E-state index in [1.165, 1.54) is 0 Å². The standard InChI is InChI=1S/C6H8FNO2/c7-6(2-1-3-8)9-4-5-10-6/h1-2,4-5H2. The van der Waals surface area contributed by atoms with Gasteiger partial charge in [-0.3, -0.25) is 0 Å². The smallest absolute Gasteiger partial charge is 0.321 e. The van der Waals surface area contributed by atoms with Crippen molar-refractivity contribution in [3.63, 3.8) is 0 Å². The number of hydrogen-bond acceptors (Lipinski definition) is 3. The van der Waals surface area contributed by atoms with E-state index in [2.05, 4.69) is 9.47 Å². The molecule has 0 amide bonds. The fourth-order valence-corrected chi connectivity index (χ4v) is 0.779. The lowest BCUT2D eigenvalue weighted by atomic mass is 10.3. The molecule has 1 aliphatic rings. The number of hydrogen-bond donors (Lipinski definition) is 0. The molecule has 0 aliphatic carbocycles. The molecule has 10 heavy (non-hydrogen) atoms. The summed E-state index contributed by atoms with van der Waals surface area (Å²) in [5, 5.41) is 8.11. The van der Waals surface area contributed by atoms with Crippen molar-refractivity contribution in [3.05, 3.63) is 0 Å². The molecule has 0 atom stereocenters. The highest BCUT2D eigenvalue weighted by Gasteiger charge is 2.35. The van der Waals surface area contributed by atoms with Crippen LogP contribution in [-0.4, -0.2) is 19.3 Å². The third-order valence-corrected chi connectivity index (χ3v) is 1.25. The zero-order chi connectivity index (χ0) is 7.45. The summed E-state index contributed by atoms with van der Waals surface area (Å²) >= 11 is 0. The highest BCUT2D eigenvalue weighted by atomic mass is 19.2. The molecule has 0 unspecified atom stereocenters. The van der Waals surface area contributed by atoms with Crippen LogP contribution < -0.4 is 0 Å². The van der Waals surface area contributed by atoms with Crippen molar-refractivity contribution in [2.45, 2.75) is 18.9 Å². The largest absolute Gasteiger partial charge is 0.322 e. The number of nitrogens with zero attached hydrogens (tertiary/aromatic N) is 1. The average molecular weight is 145 g/mol. The fourth-order valence-electron chi connectivity index (χ4n) is 0.779. The first-order chi connectivity index (χ1) is 4.77. The van der Waals surface area contributed by atoms with Gasteiger partial charge >= 0.3 is 6.04 Å². The van der Waals surface area contributed by atoms with E-state index >= 15 is 0 Å². The predicted octanol–water partition coefficient (Wildman–Crippen LogP) is 0.960. The molecule has 0 aromatic heterocycles. The molecule has 3 nitrogen and oxygen atoms in total. The quantitative estimate of drug-likeness (QED) is 0.581. The molecule has 0 aromatic carbocycles. The summed E-state index contributed by atoms with van der Waals surface area (Å²) in [5.41, 5.74) is 0. The van der Waals surface area contributed by atoms with Crippen molar-refractivity contribution < 1.29 is 13.9 Å². The Balaban J connectivity index is 2.30. The second-order valence-corrected chi connectivity index (χ2v) is 2.01. The van der Waals surface area contributed by atoms with Crippen molar-refractivity contribution in [3.8, 4) is 6.07 Å². The Bertz CT molecular complexity index is 148. The molecule has 1 fully saturated rings. The van der Waals surface area contributed by atoms with Gasteiger partial charge in [0.2, 0.25) is 0 Å². The van der Waals surface area contributed by atoms with E-state index in [9.17, 15) is 4.39 Å². The first-order valence-corrected chi connectivity index (χ1v) is 3.11. The molecule has 1 aliphatic heterocycles. The maximum absolute atomic E-state index is 12.9. The molecule has 0 spiro atoms. The summed E-state index contributed by atoms with van der Waals surface area (Å²) in [7, 11) is 0. The van der Waals surface area contributed by atoms with E-state index in [4.69, 9.17) is 5.26 Å². The molecule has 56 valence electrons. The average Bonchev–Trinajstić information content (AvgIpc) is 2.33. The van der Waals surface area contributed by atoms with E-state index in [1.807, 2.05) is 6.07 Å². The number of alkyl halides is 1. The number of ether oxygens (including phenoxy) is 2. The summed E-state index contributed by atoms with van der Waals surface area (Å²) in [5.74, 6) is 0. The summed E-state index contributed by atoms with van der Waals surface area (Å²) in [6, 6.07) is -0.157. The van der Waals surface area contributed by atoms with Gasteiger partial charge in [-0.15, -0.1) is 0 Å². The Labute approximate surface area is 58.3 Å². The predicted molar refractivity (Wildman–Crippen MR) is 30.6 cm³/mol. The molecule has 0 N–H and O–H groups in total. The van der Waals surface area contributed by atoms with Gasteiger partial charge in [0.1, 0.15) is 0 Å². The lowest BCUT2D eigenvalue weighted by Gasteiger charge is -2.14. The van der Waals surface area contributed by atoms with Crippen molar-refractivity contribution >= 4 is 0 Å². The van der Waals surface area contributed by atoms with Crippen LogP contribution >= 0.6 is 0 Å². The fraction of sp³-hybridized carbons (Fsp3) is 0.833. The second-order valence-electron chi connectivity index (χ2n) is 2.01. The van der Waals surface area contributed by atoms with Crippen LogP contribution in [0.15, 0.2) is 0 Å². The summed E-state index contributed by atoms with van der Waals surface area (Å²) < 4.78 is 22.1. The molecular weight excluding hydrogens is 137 g/mol. The minimum absolute atomic E-state index is 0.00347. The molecule has 1 saturated heterocycles. The Hall–Kier alpha value is -0.660. The highest BCUT2D eigenvalue weighted by molar-refractivity contribution is 4.73. The van der Waals surface area contributed by atoms with Crippen LogP contribution in [0, 0.1) is 11.3 Å². The third kappa shape index (κ3) is 1.66. The molecule has 1 rings (SSSR count). The van der Waals surface area contributed by atoms with Crippen LogP contribution in [0.4, 0.5) is 4.39 Å². The van der Waals surface area contributed by atoms with Crippen LogP contribution in [0.1, 0.15) is 12.8 Å². The van der Waals surface area contributed by atoms with Crippen molar-refractivity contribution in [1.82, 2.24) is 0 Å². The van der Waals surface area contributed by atoms with Crippen LogP contribution in [-0.2, 0) is 9.47 Å². The zero-order valence-corrected chi connectivity index (χ0v) is 5.47. The number of nitriles is 1. The lowest BCUT2D eigenvalue weighted by molar-refractivity contribution is -0.255. The van der Waals surface area contributed by atoms with Gasteiger partial charge in [-0.1, -0.05) is 0 Å². The minimum atomic E-state index is -1.98. The SMILES string of the molecule is N#CCCC1(F)OCCO1. The molecule has 4 heteroatoms. The van der Waals surface area contributed by atoms with Gasteiger partial charge in [-0.25, -0.2) is 0 Å². The van der Waals surface area contributed by atoms with E-state index in [-0.39, 0.29) is 26.1 Å². The topological polar surface area (TPSA) is 42.2 Å². The Morgan fingerprint density at radius 2 is 2.10 bits per heavy atom. The van der Waals surface area contributed by atoms with Crippen LogP contribution in [0.5, 0.6) is 0 Å². The molecule has 0 aromatic rings. The molecule has 1 heterocycles. The summed E-state index contributed by atoms with van der Waals surface area (Å²) in [4.78, 5) is 0. The molecular formula is C6H8FNO2. The van der Waals surface area contributed by atoms with Gasteiger partial charge in [-0.2, -0.15) is 9.65 Å². The van der Waals surface area contributed by atoms with Crippen molar-refractivity contribution in [2.75, 3.05) is 13.2 Å². The first kappa shape index (κ1) is 7.45. The minimum Gasteiger partial charge on any atom is -0.322 e. The van der Waals surface area contributed by atoms with E-state index < -0.39 is 6.04 Å². The van der Waals surface area contributed by atoms with Crippen LogP contribution in [0.25, 0.3) is 0 Å². The molecule has 0 saturated carbocycles. The lowest BCUT2D eigenvalue weighted by Crippen LogP contribution is -2.22. The van der Waals surface area contributed by atoms with Crippen LogP contribution in [0.2, 0.25) is 0 Å². The van der Waals surface area contributed by atoms with Gasteiger partial charge in [0.15, 0.2) is 0 Å². The monoisotopic (exact) mass is 145 g/mol. The van der Waals surface area contributed by atoms with Crippen molar-refractivity contribution in [2.24, 2.45) is 0 Å².